The van der Waals surface area contributed by atoms with E-state index >= 15 is 0 Å². The Labute approximate surface area is 160 Å². The summed E-state index contributed by atoms with van der Waals surface area (Å²) < 4.78 is 11.1. The van der Waals surface area contributed by atoms with Crippen molar-refractivity contribution < 1.29 is 19.1 Å². The number of hydrogen-bond donors (Lipinski definition) is 1. The van der Waals surface area contributed by atoms with Gasteiger partial charge in [0.05, 0.1) is 12.7 Å². The van der Waals surface area contributed by atoms with E-state index in [4.69, 9.17) is 9.47 Å². The number of nitrogens with one attached hydrogen (secondary N) is 1. The Morgan fingerprint density at radius 2 is 1.88 bits per heavy atom. The lowest BCUT2D eigenvalue weighted by atomic mass is 10.2. The van der Waals surface area contributed by atoms with Gasteiger partial charge in [0.25, 0.3) is 5.91 Å². The standard InChI is InChI=1S/C17H21N3O4S2/c1-5-23-15(22)11(4)25-17-20-19-16(26-17)18-14(21)12-6-8-13(9-7-12)24-10(2)3/h6-11H,5H2,1-4H3,(H,18,19,21)/t11-/m1/s1. The molecule has 1 amide bonds. The first-order chi connectivity index (χ1) is 12.4. The first kappa shape index (κ1) is 20.2. The summed E-state index contributed by atoms with van der Waals surface area (Å²) in [4.78, 5) is 23.9. The summed E-state index contributed by atoms with van der Waals surface area (Å²) in [7, 11) is 0. The fourth-order valence-corrected chi connectivity index (χ4v) is 3.78. The molecule has 2 aromatic rings. The number of anilines is 1. The van der Waals surface area contributed by atoms with Crippen LogP contribution in [0.5, 0.6) is 5.75 Å². The molecule has 1 aromatic heterocycles. The van der Waals surface area contributed by atoms with Gasteiger partial charge in [0.2, 0.25) is 5.13 Å². The third-order valence-electron chi connectivity index (χ3n) is 3.01. The SMILES string of the molecule is CCOC(=O)[C@@H](C)Sc1nnc(NC(=O)c2ccc(OC(C)C)cc2)s1. The molecular weight excluding hydrogens is 374 g/mol. The molecule has 0 radical (unpaired) electrons. The Hall–Kier alpha value is -2.13. The zero-order chi connectivity index (χ0) is 19.1. The topological polar surface area (TPSA) is 90.4 Å². The molecule has 2 rings (SSSR count). The second-order valence-corrected chi connectivity index (χ2v) is 8.10. The van der Waals surface area contributed by atoms with Crippen LogP contribution in [0.15, 0.2) is 28.6 Å². The highest BCUT2D eigenvalue weighted by atomic mass is 32.2. The quantitative estimate of drug-likeness (QED) is 0.415. The molecule has 0 fully saturated rings. The predicted octanol–water partition coefficient (Wildman–Crippen LogP) is 3.62. The van der Waals surface area contributed by atoms with Crippen LogP contribution in [0, 0.1) is 0 Å². The fourth-order valence-electron chi connectivity index (χ4n) is 1.89. The van der Waals surface area contributed by atoms with Gasteiger partial charge in [-0.25, -0.2) is 0 Å². The van der Waals surface area contributed by atoms with Gasteiger partial charge in [0, 0.05) is 5.56 Å². The number of carbonyl (C=O) groups is 2. The van der Waals surface area contributed by atoms with Crippen LogP contribution < -0.4 is 10.1 Å². The van der Waals surface area contributed by atoms with Gasteiger partial charge in [-0.2, -0.15) is 0 Å². The van der Waals surface area contributed by atoms with Crippen LogP contribution >= 0.6 is 23.1 Å². The Bertz CT molecular complexity index is 747. The normalized spacial score (nSPS) is 11.9. The molecule has 9 heteroatoms. The molecule has 0 spiro atoms. The van der Waals surface area contributed by atoms with Gasteiger partial charge in [-0.1, -0.05) is 23.1 Å². The van der Waals surface area contributed by atoms with E-state index in [9.17, 15) is 9.59 Å². The van der Waals surface area contributed by atoms with Crippen molar-refractivity contribution in [3.8, 4) is 5.75 Å². The number of amides is 1. The van der Waals surface area contributed by atoms with E-state index in [1.807, 2.05) is 13.8 Å². The molecular formula is C17H21N3O4S2. The van der Waals surface area contributed by atoms with Crippen LogP contribution in [-0.2, 0) is 9.53 Å². The van der Waals surface area contributed by atoms with Gasteiger partial charge in [-0.3, -0.25) is 14.9 Å². The summed E-state index contributed by atoms with van der Waals surface area (Å²) in [5, 5.41) is 10.6. The number of nitrogens with zero attached hydrogens (tertiary/aromatic N) is 2. The van der Waals surface area contributed by atoms with E-state index in [-0.39, 0.29) is 23.2 Å². The molecule has 0 aliphatic rings. The molecule has 0 saturated carbocycles. The molecule has 0 saturated heterocycles. The van der Waals surface area contributed by atoms with Crippen LogP contribution in [0.25, 0.3) is 0 Å². The molecule has 0 unspecified atom stereocenters. The zero-order valence-electron chi connectivity index (χ0n) is 15.0. The third kappa shape index (κ3) is 5.99. The van der Waals surface area contributed by atoms with Crippen molar-refractivity contribution in [1.82, 2.24) is 10.2 Å². The predicted molar refractivity (Wildman–Crippen MR) is 102 cm³/mol. The Balaban J connectivity index is 1.93. The van der Waals surface area contributed by atoms with Gasteiger partial charge in [-0.05, 0) is 52.0 Å². The molecule has 1 aromatic carbocycles. The molecule has 0 aliphatic heterocycles. The van der Waals surface area contributed by atoms with Crippen molar-refractivity contribution in [2.24, 2.45) is 0 Å². The molecule has 140 valence electrons. The molecule has 7 nitrogen and oxygen atoms in total. The molecule has 0 bridgehead atoms. The molecule has 1 atom stereocenters. The van der Waals surface area contributed by atoms with Gasteiger partial charge >= 0.3 is 5.97 Å². The van der Waals surface area contributed by atoms with Crippen molar-refractivity contribution in [3.05, 3.63) is 29.8 Å². The van der Waals surface area contributed by atoms with Crippen LogP contribution in [0.4, 0.5) is 5.13 Å². The van der Waals surface area contributed by atoms with Crippen LogP contribution in [0.2, 0.25) is 0 Å². The Morgan fingerprint density at radius 3 is 2.50 bits per heavy atom. The molecule has 1 N–H and O–H groups in total. The minimum Gasteiger partial charge on any atom is -0.491 e. The summed E-state index contributed by atoms with van der Waals surface area (Å²) >= 11 is 2.45. The maximum absolute atomic E-state index is 12.3. The minimum atomic E-state index is -0.389. The lowest BCUT2D eigenvalue weighted by molar-refractivity contribution is -0.142. The van der Waals surface area contributed by atoms with E-state index in [0.29, 0.717) is 27.4 Å². The fraction of sp³-hybridized carbons (Fsp3) is 0.412. The average Bonchev–Trinajstić information content (AvgIpc) is 3.02. The maximum Gasteiger partial charge on any atom is 0.319 e. The molecule has 26 heavy (non-hydrogen) atoms. The summed E-state index contributed by atoms with van der Waals surface area (Å²) in [6.07, 6.45) is 0.0731. The third-order valence-corrected chi connectivity index (χ3v) is 5.01. The van der Waals surface area contributed by atoms with E-state index in [2.05, 4.69) is 15.5 Å². The monoisotopic (exact) mass is 395 g/mol. The van der Waals surface area contributed by atoms with Crippen molar-refractivity contribution in [3.63, 3.8) is 0 Å². The lowest BCUT2D eigenvalue weighted by Gasteiger charge is -2.09. The van der Waals surface area contributed by atoms with Crippen molar-refractivity contribution in [2.75, 3.05) is 11.9 Å². The van der Waals surface area contributed by atoms with Gasteiger partial charge in [0.1, 0.15) is 11.0 Å². The summed E-state index contributed by atoms with van der Waals surface area (Å²) in [6.45, 7) is 7.71. The van der Waals surface area contributed by atoms with Gasteiger partial charge in [-0.15, -0.1) is 10.2 Å². The van der Waals surface area contributed by atoms with Crippen LogP contribution in [0.1, 0.15) is 38.1 Å². The zero-order valence-corrected chi connectivity index (χ0v) is 16.6. The number of hydrogen-bond acceptors (Lipinski definition) is 8. The van der Waals surface area contributed by atoms with E-state index in [0.717, 1.165) is 0 Å². The largest absolute Gasteiger partial charge is 0.491 e. The summed E-state index contributed by atoms with van der Waals surface area (Å²) in [5.74, 6) is 0.119. The van der Waals surface area contributed by atoms with Gasteiger partial charge < -0.3 is 9.47 Å². The van der Waals surface area contributed by atoms with Crippen LogP contribution in [-0.4, -0.2) is 40.0 Å². The van der Waals surface area contributed by atoms with Crippen molar-refractivity contribution >= 4 is 40.1 Å². The number of esters is 1. The molecule has 0 aliphatic carbocycles. The second-order valence-electron chi connectivity index (χ2n) is 5.53. The number of ether oxygens (including phenoxy) is 2. The minimum absolute atomic E-state index is 0.0731. The number of benzene rings is 1. The Kier molecular flexibility index (Phi) is 7.40. The number of carbonyl (C=O) groups excluding carboxylic acids is 2. The number of rotatable bonds is 8. The van der Waals surface area contributed by atoms with E-state index in [1.54, 1.807) is 38.1 Å². The van der Waals surface area contributed by atoms with Crippen molar-refractivity contribution in [2.45, 2.75) is 43.4 Å². The lowest BCUT2D eigenvalue weighted by Crippen LogP contribution is -2.16. The first-order valence-corrected chi connectivity index (χ1v) is 9.83. The highest BCUT2D eigenvalue weighted by Crippen LogP contribution is 2.29. The van der Waals surface area contributed by atoms with Crippen molar-refractivity contribution in [1.29, 1.82) is 0 Å². The highest BCUT2D eigenvalue weighted by Gasteiger charge is 2.18. The maximum atomic E-state index is 12.3. The smallest absolute Gasteiger partial charge is 0.319 e. The van der Waals surface area contributed by atoms with E-state index < -0.39 is 0 Å². The average molecular weight is 396 g/mol. The molecule has 1 heterocycles. The summed E-state index contributed by atoms with van der Waals surface area (Å²) in [6, 6.07) is 6.87. The van der Waals surface area contributed by atoms with Crippen LogP contribution in [0.3, 0.4) is 0 Å². The summed E-state index contributed by atoms with van der Waals surface area (Å²) in [5.41, 5.74) is 0.491. The number of thioether (sulfide) groups is 1. The Morgan fingerprint density at radius 1 is 1.19 bits per heavy atom. The first-order valence-electron chi connectivity index (χ1n) is 8.14. The highest BCUT2D eigenvalue weighted by molar-refractivity contribution is 8.02. The van der Waals surface area contributed by atoms with E-state index in [1.165, 1.54) is 23.1 Å². The van der Waals surface area contributed by atoms with Gasteiger partial charge in [0.15, 0.2) is 4.34 Å². The number of aromatic nitrogens is 2. The second kappa shape index (κ2) is 9.54.